The van der Waals surface area contributed by atoms with Crippen molar-refractivity contribution in [3.63, 3.8) is 0 Å². The second-order valence-electron chi connectivity index (χ2n) is 4.86. The topological polar surface area (TPSA) is 15.3 Å². The summed E-state index contributed by atoms with van der Waals surface area (Å²) in [6, 6.07) is 9.13. The molecule has 1 N–H and O–H groups in total. The number of rotatable bonds is 3. The lowest BCUT2D eigenvalue weighted by Crippen LogP contribution is -2.45. The first-order valence-electron chi connectivity index (χ1n) is 6.37. The Labute approximate surface area is 109 Å². The number of hydrogen-bond acceptors (Lipinski definition) is 2. The molecule has 2 unspecified atom stereocenters. The smallest absolute Gasteiger partial charge is 0.0453 e. The van der Waals surface area contributed by atoms with E-state index in [-0.39, 0.29) is 0 Å². The fourth-order valence-electron chi connectivity index (χ4n) is 2.53. The molecular formula is C14H21ClN2. The highest BCUT2D eigenvalue weighted by molar-refractivity contribution is 6.31. The normalized spacial score (nSPS) is 22.7. The van der Waals surface area contributed by atoms with Crippen LogP contribution in [0.4, 0.5) is 0 Å². The van der Waals surface area contributed by atoms with Gasteiger partial charge in [0.05, 0.1) is 0 Å². The summed E-state index contributed by atoms with van der Waals surface area (Å²) in [7, 11) is 2.20. The minimum Gasteiger partial charge on any atom is -0.315 e. The van der Waals surface area contributed by atoms with Crippen LogP contribution in [0.3, 0.4) is 0 Å². The van der Waals surface area contributed by atoms with Gasteiger partial charge in [-0.3, -0.25) is 4.90 Å². The van der Waals surface area contributed by atoms with Crippen molar-refractivity contribution in [3.05, 3.63) is 34.9 Å². The predicted octanol–water partition coefficient (Wildman–Crippen LogP) is 3.08. The van der Waals surface area contributed by atoms with Crippen molar-refractivity contribution < 1.29 is 0 Å². The molecule has 0 aliphatic carbocycles. The van der Waals surface area contributed by atoms with Gasteiger partial charge in [0.1, 0.15) is 0 Å². The summed E-state index contributed by atoms with van der Waals surface area (Å²) in [5.74, 6) is 0. The van der Waals surface area contributed by atoms with Crippen LogP contribution in [0.25, 0.3) is 0 Å². The van der Waals surface area contributed by atoms with Crippen LogP contribution in [0.5, 0.6) is 0 Å². The highest BCUT2D eigenvalue weighted by Gasteiger charge is 2.23. The monoisotopic (exact) mass is 252 g/mol. The molecule has 0 amide bonds. The number of likely N-dealkylation sites (N-methyl/N-ethyl adjacent to an activating group) is 1. The molecule has 1 saturated heterocycles. The van der Waals surface area contributed by atoms with E-state index in [9.17, 15) is 0 Å². The van der Waals surface area contributed by atoms with E-state index >= 15 is 0 Å². The fourth-order valence-corrected chi connectivity index (χ4v) is 2.82. The molecule has 1 aromatic carbocycles. The molecule has 17 heavy (non-hydrogen) atoms. The third-order valence-electron chi connectivity index (χ3n) is 3.81. The van der Waals surface area contributed by atoms with E-state index in [2.05, 4.69) is 36.3 Å². The molecule has 2 nitrogen and oxygen atoms in total. The predicted molar refractivity (Wildman–Crippen MR) is 73.5 cm³/mol. The Morgan fingerprint density at radius 3 is 2.82 bits per heavy atom. The molecule has 0 bridgehead atoms. The van der Waals surface area contributed by atoms with E-state index in [1.54, 1.807) is 0 Å². The van der Waals surface area contributed by atoms with Gasteiger partial charge in [-0.15, -0.1) is 0 Å². The second-order valence-corrected chi connectivity index (χ2v) is 5.27. The summed E-state index contributed by atoms with van der Waals surface area (Å²) >= 11 is 6.26. The summed E-state index contributed by atoms with van der Waals surface area (Å²) in [5.41, 5.74) is 1.22. The van der Waals surface area contributed by atoms with Crippen LogP contribution < -0.4 is 5.32 Å². The van der Waals surface area contributed by atoms with Crippen molar-refractivity contribution in [1.82, 2.24) is 10.2 Å². The van der Waals surface area contributed by atoms with E-state index in [1.165, 1.54) is 18.4 Å². The molecule has 2 rings (SSSR count). The van der Waals surface area contributed by atoms with Gasteiger partial charge >= 0.3 is 0 Å². The first-order valence-corrected chi connectivity index (χ1v) is 6.75. The van der Waals surface area contributed by atoms with Crippen LogP contribution in [-0.4, -0.2) is 31.1 Å². The van der Waals surface area contributed by atoms with Crippen LogP contribution in [0.1, 0.15) is 31.4 Å². The summed E-state index contributed by atoms with van der Waals surface area (Å²) < 4.78 is 0. The molecule has 1 heterocycles. The van der Waals surface area contributed by atoms with Gasteiger partial charge in [0.15, 0.2) is 0 Å². The molecule has 2 atom stereocenters. The molecule has 0 saturated carbocycles. The lowest BCUT2D eigenvalue weighted by Gasteiger charge is -2.36. The Kier molecular flexibility index (Phi) is 4.43. The molecule has 1 fully saturated rings. The van der Waals surface area contributed by atoms with Crippen LogP contribution in [0.2, 0.25) is 5.02 Å². The number of nitrogens with one attached hydrogen (secondary N) is 1. The van der Waals surface area contributed by atoms with Crippen molar-refractivity contribution in [2.45, 2.75) is 31.8 Å². The Morgan fingerprint density at radius 1 is 1.41 bits per heavy atom. The zero-order valence-corrected chi connectivity index (χ0v) is 11.4. The lowest BCUT2D eigenvalue weighted by atomic mass is 10.0. The number of halogens is 1. The quantitative estimate of drug-likeness (QED) is 0.890. The molecule has 94 valence electrons. The maximum Gasteiger partial charge on any atom is 0.0453 e. The van der Waals surface area contributed by atoms with Gasteiger partial charge in [0.2, 0.25) is 0 Å². The van der Waals surface area contributed by atoms with E-state index in [0.29, 0.717) is 12.1 Å². The Morgan fingerprint density at radius 2 is 2.18 bits per heavy atom. The van der Waals surface area contributed by atoms with Gasteiger partial charge in [-0.05, 0) is 45.0 Å². The number of benzene rings is 1. The van der Waals surface area contributed by atoms with E-state index in [0.717, 1.165) is 18.1 Å². The average Bonchev–Trinajstić information content (AvgIpc) is 2.39. The first kappa shape index (κ1) is 12.9. The standard InChI is InChI=1S/C14H21ClN2/c1-11(13-7-3-4-8-14(13)15)17(2)12-6-5-9-16-10-12/h3-4,7-8,11-12,16H,5-6,9-10H2,1-2H3. The lowest BCUT2D eigenvalue weighted by molar-refractivity contribution is 0.156. The van der Waals surface area contributed by atoms with Gasteiger partial charge in [-0.2, -0.15) is 0 Å². The molecule has 1 aliphatic rings. The van der Waals surface area contributed by atoms with Crippen molar-refractivity contribution >= 4 is 11.6 Å². The third kappa shape index (κ3) is 3.01. The van der Waals surface area contributed by atoms with Gasteiger partial charge in [-0.1, -0.05) is 29.8 Å². The van der Waals surface area contributed by atoms with Crippen molar-refractivity contribution in [2.75, 3.05) is 20.1 Å². The largest absolute Gasteiger partial charge is 0.315 e. The minimum absolute atomic E-state index is 0.369. The Hall–Kier alpha value is -0.570. The summed E-state index contributed by atoms with van der Waals surface area (Å²) in [4.78, 5) is 2.44. The summed E-state index contributed by atoms with van der Waals surface area (Å²) in [6.45, 7) is 4.48. The first-order chi connectivity index (χ1) is 8.20. The molecule has 0 radical (unpaired) electrons. The summed E-state index contributed by atoms with van der Waals surface area (Å²) in [5, 5.41) is 4.33. The van der Waals surface area contributed by atoms with Crippen molar-refractivity contribution in [3.8, 4) is 0 Å². The van der Waals surface area contributed by atoms with Crippen LogP contribution >= 0.6 is 11.6 Å². The molecule has 1 aliphatic heterocycles. The molecule has 0 aromatic heterocycles. The van der Waals surface area contributed by atoms with Crippen LogP contribution in [0, 0.1) is 0 Å². The van der Waals surface area contributed by atoms with E-state index in [1.807, 2.05) is 12.1 Å². The summed E-state index contributed by atoms with van der Waals surface area (Å²) in [6.07, 6.45) is 2.54. The number of nitrogens with zero attached hydrogens (tertiary/aromatic N) is 1. The van der Waals surface area contributed by atoms with Gasteiger partial charge < -0.3 is 5.32 Å². The van der Waals surface area contributed by atoms with Crippen LogP contribution in [-0.2, 0) is 0 Å². The average molecular weight is 253 g/mol. The highest BCUT2D eigenvalue weighted by atomic mass is 35.5. The second kappa shape index (κ2) is 5.85. The van der Waals surface area contributed by atoms with E-state index in [4.69, 9.17) is 11.6 Å². The van der Waals surface area contributed by atoms with Crippen LogP contribution in [0.15, 0.2) is 24.3 Å². The van der Waals surface area contributed by atoms with Gasteiger partial charge in [0, 0.05) is 23.7 Å². The number of hydrogen-bond donors (Lipinski definition) is 1. The third-order valence-corrected chi connectivity index (χ3v) is 4.16. The Balaban J connectivity index is 2.08. The highest BCUT2D eigenvalue weighted by Crippen LogP contribution is 2.28. The maximum atomic E-state index is 6.26. The van der Waals surface area contributed by atoms with E-state index < -0.39 is 0 Å². The van der Waals surface area contributed by atoms with Gasteiger partial charge in [0.25, 0.3) is 0 Å². The number of piperidine rings is 1. The zero-order valence-electron chi connectivity index (χ0n) is 10.6. The van der Waals surface area contributed by atoms with Gasteiger partial charge in [-0.25, -0.2) is 0 Å². The maximum absolute atomic E-state index is 6.26. The molecule has 0 spiro atoms. The zero-order chi connectivity index (χ0) is 12.3. The molecule has 1 aromatic rings. The Bertz CT molecular complexity index is 361. The SMILES string of the molecule is CC(c1ccccc1Cl)N(C)C1CCCNC1. The fraction of sp³-hybridized carbons (Fsp3) is 0.571. The molecular weight excluding hydrogens is 232 g/mol. The molecule has 3 heteroatoms. The minimum atomic E-state index is 0.369. The van der Waals surface area contributed by atoms with Crippen molar-refractivity contribution in [2.24, 2.45) is 0 Å². The van der Waals surface area contributed by atoms with Crippen molar-refractivity contribution in [1.29, 1.82) is 0 Å².